The molecular weight excluding hydrogens is 295 g/mol. The maximum atomic E-state index is 11.5. The summed E-state index contributed by atoms with van der Waals surface area (Å²) in [5.41, 5.74) is 7.30. The van der Waals surface area contributed by atoms with Gasteiger partial charge in [0.1, 0.15) is 0 Å². The molecule has 2 rings (SSSR count). The Labute approximate surface area is 127 Å². The van der Waals surface area contributed by atoms with E-state index in [4.69, 9.17) is 28.9 Å². The highest BCUT2D eigenvalue weighted by Crippen LogP contribution is 2.21. The number of ketones is 1. The minimum atomic E-state index is -0.119. The lowest BCUT2D eigenvalue weighted by Gasteiger charge is -2.00. The van der Waals surface area contributed by atoms with Crippen LogP contribution in [-0.2, 0) is 0 Å². The van der Waals surface area contributed by atoms with Crippen molar-refractivity contribution in [1.82, 2.24) is 0 Å². The number of carbonyl (C=O) groups is 1. The molecule has 0 saturated heterocycles. The van der Waals surface area contributed by atoms with Gasteiger partial charge in [-0.2, -0.15) is 0 Å². The summed E-state index contributed by atoms with van der Waals surface area (Å²) in [6.45, 7) is -0.0177. The molecule has 0 radical (unpaired) electrons. The molecule has 2 aromatic rings. The van der Waals surface area contributed by atoms with Gasteiger partial charge in [0.05, 0.1) is 17.3 Å². The summed E-state index contributed by atoms with van der Waals surface area (Å²) in [5.74, 6) is -0.119. The fourth-order valence-electron chi connectivity index (χ4n) is 1.63. The summed E-state index contributed by atoms with van der Waals surface area (Å²) in [6, 6.07) is 12.1. The van der Waals surface area contributed by atoms with E-state index < -0.39 is 0 Å². The molecule has 3 nitrogen and oxygen atoms in total. The first-order valence-electron chi connectivity index (χ1n) is 5.92. The van der Waals surface area contributed by atoms with Gasteiger partial charge in [0.15, 0.2) is 5.78 Å². The lowest BCUT2D eigenvalue weighted by Crippen LogP contribution is -2.13. The number of nitrogens with two attached hydrogens (primary N) is 1. The summed E-state index contributed by atoms with van der Waals surface area (Å²) >= 11 is 11.9. The molecule has 0 aromatic heterocycles. The number of aliphatic imine (C=N–C) groups is 1. The standard InChI is InChI=1S/C15H12Cl2N2O/c16-12-5-4-11(14(17)7-12)9-19-13-3-1-2-10(6-13)15(20)8-18/h1-7,9H,8,18H2. The van der Waals surface area contributed by atoms with Crippen LogP contribution >= 0.6 is 23.2 Å². The van der Waals surface area contributed by atoms with Crippen molar-refractivity contribution in [2.24, 2.45) is 10.7 Å². The van der Waals surface area contributed by atoms with Crippen LogP contribution in [0.25, 0.3) is 0 Å². The molecule has 2 N–H and O–H groups in total. The molecule has 0 bridgehead atoms. The molecule has 0 saturated carbocycles. The van der Waals surface area contributed by atoms with Crippen molar-refractivity contribution in [3.63, 3.8) is 0 Å². The van der Waals surface area contributed by atoms with Gasteiger partial charge < -0.3 is 5.73 Å². The fraction of sp³-hybridized carbons (Fsp3) is 0.0667. The minimum Gasteiger partial charge on any atom is -0.324 e. The molecule has 0 aliphatic carbocycles. The largest absolute Gasteiger partial charge is 0.324 e. The molecule has 0 amide bonds. The molecule has 0 spiro atoms. The van der Waals surface area contributed by atoms with Crippen molar-refractivity contribution in [3.05, 3.63) is 63.6 Å². The summed E-state index contributed by atoms with van der Waals surface area (Å²) < 4.78 is 0. The van der Waals surface area contributed by atoms with Crippen molar-refractivity contribution in [3.8, 4) is 0 Å². The van der Waals surface area contributed by atoms with Gasteiger partial charge in [-0.3, -0.25) is 9.79 Å². The van der Waals surface area contributed by atoms with Gasteiger partial charge in [0, 0.05) is 22.4 Å². The first kappa shape index (κ1) is 14.7. The number of rotatable bonds is 4. The van der Waals surface area contributed by atoms with E-state index in [0.29, 0.717) is 21.3 Å². The maximum absolute atomic E-state index is 11.5. The van der Waals surface area contributed by atoms with Gasteiger partial charge in [-0.25, -0.2) is 0 Å². The van der Waals surface area contributed by atoms with Crippen LogP contribution in [0.1, 0.15) is 15.9 Å². The van der Waals surface area contributed by atoms with E-state index in [9.17, 15) is 4.79 Å². The lowest BCUT2D eigenvalue weighted by molar-refractivity contribution is 0.100. The number of halogens is 2. The SMILES string of the molecule is NCC(=O)c1cccc(N=Cc2ccc(Cl)cc2Cl)c1. The van der Waals surface area contributed by atoms with E-state index in [1.807, 2.05) is 0 Å². The Bertz CT molecular complexity index is 669. The Morgan fingerprint density at radius 1 is 1.20 bits per heavy atom. The summed E-state index contributed by atoms with van der Waals surface area (Å²) in [6.07, 6.45) is 1.63. The summed E-state index contributed by atoms with van der Waals surface area (Å²) in [7, 11) is 0. The molecule has 0 atom stereocenters. The topological polar surface area (TPSA) is 55.5 Å². The van der Waals surface area contributed by atoms with Gasteiger partial charge in [0.25, 0.3) is 0 Å². The molecule has 0 heterocycles. The van der Waals surface area contributed by atoms with Crippen molar-refractivity contribution >= 4 is 40.9 Å². The molecule has 102 valence electrons. The molecule has 20 heavy (non-hydrogen) atoms. The molecule has 0 aliphatic rings. The third-order valence-electron chi connectivity index (χ3n) is 2.67. The van der Waals surface area contributed by atoms with Crippen LogP contribution in [0, 0.1) is 0 Å². The molecule has 0 unspecified atom stereocenters. The molecule has 0 fully saturated rings. The van der Waals surface area contributed by atoms with Gasteiger partial charge >= 0.3 is 0 Å². The number of benzene rings is 2. The maximum Gasteiger partial charge on any atom is 0.176 e. The molecule has 5 heteroatoms. The first-order chi connectivity index (χ1) is 9.60. The quantitative estimate of drug-likeness (QED) is 0.688. The van der Waals surface area contributed by atoms with Crippen LogP contribution in [-0.4, -0.2) is 18.5 Å². The summed E-state index contributed by atoms with van der Waals surface area (Å²) in [5, 5.41) is 1.10. The van der Waals surface area contributed by atoms with E-state index in [1.54, 1.807) is 48.7 Å². The van der Waals surface area contributed by atoms with Gasteiger partial charge in [-0.15, -0.1) is 0 Å². The highest BCUT2D eigenvalue weighted by atomic mass is 35.5. The Morgan fingerprint density at radius 2 is 2.00 bits per heavy atom. The fourth-order valence-corrected chi connectivity index (χ4v) is 2.09. The first-order valence-corrected chi connectivity index (χ1v) is 6.68. The van der Waals surface area contributed by atoms with E-state index in [1.165, 1.54) is 0 Å². The minimum absolute atomic E-state index is 0.0177. The highest BCUT2D eigenvalue weighted by Gasteiger charge is 2.03. The zero-order chi connectivity index (χ0) is 14.5. The summed E-state index contributed by atoms with van der Waals surface area (Å²) in [4.78, 5) is 15.8. The van der Waals surface area contributed by atoms with Gasteiger partial charge in [-0.1, -0.05) is 41.4 Å². The molecule has 0 aliphatic heterocycles. The van der Waals surface area contributed by atoms with Crippen LogP contribution in [0.3, 0.4) is 0 Å². The van der Waals surface area contributed by atoms with Crippen LogP contribution in [0.5, 0.6) is 0 Å². The van der Waals surface area contributed by atoms with E-state index >= 15 is 0 Å². The van der Waals surface area contributed by atoms with Crippen LogP contribution < -0.4 is 5.73 Å². The predicted octanol–water partition coefficient (Wildman–Crippen LogP) is 3.89. The predicted molar refractivity (Wildman–Crippen MR) is 83.5 cm³/mol. The molecular formula is C15H12Cl2N2O. The van der Waals surface area contributed by atoms with Crippen molar-refractivity contribution in [2.75, 3.05) is 6.54 Å². The highest BCUT2D eigenvalue weighted by molar-refractivity contribution is 6.36. The Morgan fingerprint density at radius 3 is 2.70 bits per heavy atom. The number of Topliss-reactive ketones (excluding diaryl/α,β-unsaturated/α-hetero) is 1. The van der Waals surface area contributed by atoms with Crippen LogP contribution in [0.4, 0.5) is 5.69 Å². The second kappa shape index (κ2) is 6.66. The number of hydrogen-bond acceptors (Lipinski definition) is 3. The smallest absolute Gasteiger partial charge is 0.176 e. The lowest BCUT2D eigenvalue weighted by atomic mass is 10.1. The number of nitrogens with zero attached hydrogens (tertiary/aromatic N) is 1. The Balaban J connectivity index is 2.25. The average Bonchev–Trinajstić information content (AvgIpc) is 2.46. The Hall–Kier alpha value is -1.68. The van der Waals surface area contributed by atoms with Gasteiger partial charge in [0.2, 0.25) is 0 Å². The number of hydrogen-bond donors (Lipinski definition) is 1. The second-order valence-corrected chi connectivity index (χ2v) is 4.95. The monoisotopic (exact) mass is 306 g/mol. The van der Waals surface area contributed by atoms with E-state index in [-0.39, 0.29) is 12.3 Å². The zero-order valence-corrected chi connectivity index (χ0v) is 12.0. The third kappa shape index (κ3) is 3.67. The Kier molecular flexibility index (Phi) is 4.90. The number of carbonyl (C=O) groups excluding carboxylic acids is 1. The van der Waals surface area contributed by atoms with E-state index in [0.717, 1.165) is 5.56 Å². The normalized spacial score (nSPS) is 10.9. The molecule has 2 aromatic carbocycles. The van der Waals surface area contributed by atoms with Crippen molar-refractivity contribution in [2.45, 2.75) is 0 Å². The third-order valence-corrected chi connectivity index (χ3v) is 3.23. The van der Waals surface area contributed by atoms with Crippen molar-refractivity contribution in [1.29, 1.82) is 0 Å². The van der Waals surface area contributed by atoms with Crippen molar-refractivity contribution < 1.29 is 4.79 Å². The van der Waals surface area contributed by atoms with E-state index in [2.05, 4.69) is 4.99 Å². The zero-order valence-electron chi connectivity index (χ0n) is 10.5. The average molecular weight is 307 g/mol. The van der Waals surface area contributed by atoms with Crippen LogP contribution in [0.2, 0.25) is 10.0 Å². The van der Waals surface area contributed by atoms with Gasteiger partial charge in [-0.05, 0) is 24.3 Å². The van der Waals surface area contributed by atoms with Crippen LogP contribution in [0.15, 0.2) is 47.5 Å². The second-order valence-electron chi connectivity index (χ2n) is 4.10.